The molecule has 38 heavy (non-hydrogen) atoms. The molecule has 0 aliphatic rings. The number of alkyl halides is 3. The van der Waals surface area contributed by atoms with Crippen molar-refractivity contribution in [2.75, 3.05) is 10.6 Å². The Balaban J connectivity index is 1.40. The minimum Gasteiger partial charge on any atom is -0.342 e. The van der Waals surface area contributed by atoms with Gasteiger partial charge in [-0.2, -0.15) is 17.6 Å². The first-order valence-electron chi connectivity index (χ1n) is 10.5. The second-order valence-corrected chi connectivity index (χ2v) is 8.98. The van der Waals surface area contributed by atoms with Crippen LogP contribution in [0.15, 0.2) is 49.2 Å². The number of aromatic nitrogens is 5. The lowest BCUT2D eigenvalue weighted by atomic mass is 10.2. The van der Waals surface area contributed by atoms with E-state index in [1.165, 1.54) is 30.6 Å². The van der Waals surface area contributed by atoms with Crippen molar-refractivity contribution in [3.63, 3.8) is 0 Å². The fourth-order valence-electron chi connectivity index (χ4n) is 2.99. The van der Waals surface area contributed by atoms with Gasteiger partial charge < -0.3 is 16.0 Å². The summed E-state index contributed by atoms with van der Waals surface area (Å²) in [5, 5.41) is 7.38. The summed E-state index contributed by atoms with van der Waals surface area (Å²) >= 11 is 6.46. The van der Waals surface area contributed by atoms with Crippen molar-refractivity contribution in [2.24, 2.45) is 0 Å². The molecule has 4 heterocycles. The monoisotopic (exact) mass is 566 g/mol. The molecule has 2 amide bonds. The second kappa shape index (κ2) is 11.0. The number of nitrogens with one attached hydrogen (secondary N) is 3. The fraction of sp³-hybridized carbons (Fsp3) is 0.136. The van der Waals surface area contributed by atoms with Crippen LogP contribution in [0.25, 0.3) is 0 Å². The maximum Gasteiger partial charge on any atom is 0.418 e. The molecule has 0 saturated carbocycles. The number of hydrogen-bond acceptors (Lipinski definition) is 9. The Labute approximate surface area is 220 Å². The van der Waals surface area contributed by atoms with E-state index in [0.717, 1.165) is 23.9 Å². The Bertz CT molecular complexity index is 1500. The Kier molecular flexibility index (Phi) is 7.78. The van der Waals surface area contributed by atoms with Crippen molar-refractivity contribution >= 4 is 52.1 Å². The van der Waals surface area contributed by atoms with Gasteiger partial charge in [0.05, 0.1) is 28.5 Å². The van der Waals surface area contributed by atoms with E-state index in [4.69, 9.17) is 11.6 Å². The summed E-state index contributed by atoms with van der Waals surface area (Å²) in [6.45, 7) is 1.61. The highest BCUT2D eigenvalue weighted by Gasteiger charge is 2.34. The molecule has 0 aliphatic carbocycles. The molecule has 0 fully saturated rings. The van der Waals surface area contributed by atoms with Gasteiger partial charge in [-0.25, -0.2) is 24.9 Å². The highest BCUT2D eigenvalue weighted by Crippen LogP contribution is 2.35. The first-order chi connectivity index (χ1) is 18.0. The second-order valence-electron chi connectivity index (χ2n) is 7.51. The van der Waals surface area contributed by atoms with Gasteiger partial charge in [0, 0.05) is 18.5 Å². The number of hydrogen-bond donors (Lipinski definition) is 3. The third-order valence-corrected chi connectivity index (χ3v) is 6.27. The van der Waals surface area contributed by atoms with Crippen LogP contribution in [0.5, 0.6) is 0 Å². The largest absolute Gasteiger partial charge is 0.418 e. The molecule has 0 spiro atoms. The molecule has 3 N–H and O–H groups in total. The average Bonchev–Trinajstić information content (AvgIpc) is 3.37. The van der Waals surface area contributed by atoms with Crippen molar-refractivity contribution in [1.29, 1.82) is 0 Å². The zero-order chi connectivity index (χ0) is 27.4. The fourth-order valence-corrected chi connectivity index (χ4v) is 4.02. The summed E-state index contributed by atoms with van der Waals surface area (Å²) in [7, 11) is 0. The van der Waals surface area contributed by atoms with Crippen molar-refractivity contribution in [3.05, 3.63) is 81.3 Å². The van der Waals surface area contributed by atoms with Crippen LogP contribution in [0, 0.1) is 5.95 Å². The molecule has 1 unspecified atom stereocenters. The van der Waals surface area contributed by atoms with Crippen LogP contribution in [0.4, 0.5) is 34.9 Å². The number of pyridine rings is 2. The number of carbonyl (C=O) groups is 2. The average molecular weight is 567 g/mol. The van der Waals surface area contributed by atoms with Gasteiger partial charge in [0.15, 0.2) is 0 Å². The van der Waals surface area contributed by atoms with Gasteiger partial charge in [-0.1, -0.05) is 11.6 Å². The van der Waals surface area contributed by atoms with E-state index < -0.39 is 40.6 Å². The lowest BCUT2D eigenvalue weighted by Gasteiger charge is -2.12. The first kappa shape index (κ1) is 26.8. The summed E-state index contributed by atoms with van der Waals surface area (Å²) in [6.07, 6.45) is -0.311. The molecule has 10 nitrogen and oxygen atoms in total. The predicted molar refractivity (Wildman–Crippen MR) is 130 cm³/mol. The summed E-state index contributed by atoms with van der Waals surface area (Å²) < 4.78 is 52.9. The van der Waals surface area contributed by atoms with Gasteiger partial charge in [0.2, 0.25) is 5.95 Å². The molecule has 1 atom stereocenters. The summed E-state index contributed by atoms with van der Waals surface area (Å²) in [5.41, 5.74) is -1.11. The number of carbonyl (C=O) groups excluding carboxylic acids is 2. The predicted octanol–water partition coefficient (Wildman–Crippen LogP) is 5.02. The molecule has 0 bridgehead atoms. The maximum atomic E-state index is 13.8. The normalized spacial score (nSPS) is 12.1. The number of anilines is 3. The molecule has 4 aromatic rings. The van der Waals surface area contributed by atoms with Crippen LogP contribution in [0.3, 0.4) is 0 Å². The van der Waals surface area contributed by atoms with Crippen LogP contribution in [0.1, 0.15) is 43.7 Å². The summed E-state index contributed by atoms with van der Waals surface area (Å²) in [4.78, 5) is 44.5. The van der Waals surface area contributed by atoms with Crippen LogP contribution < -0.4 is 16.0 Å². The van der Waals surface area contributed by atoms with Gasteiger partial charge >= 0.3 is 6.18 Å². The molecule has 196 valence electrons. The van der Waals surface area contributed by atoms with Gasteiger partial charge in [-0.3, -0.25) is 9.59 Å². The Morgan fingerprint density at radius 3 is 2.55 bits per heavy atom. The third-order valence-electron chi connectivity index (χ3n) is 4.79. The molecule has 0 saturated heterocycles. The van der Waals surface area contributed by atoms with Crippen molar-refractivity contribution in [3.8, 4) is 0 Å². The third kappa shape index (κ3) is 6.36. The van der Waals surface area contributed by atoms with Crippen molar-refractivity contribution in [1.82, 2.24) is 30.2 Å². The van der Waals surface area contributed by atoms with E-state index in [-0.39, 0.29) is 27.9 Å². The molecule has 0 radical (unpaired) electrons. The lowest BCUT2D eigenvalue weighted by Crippen LogP contribution is -2.27. The Morgan fingerprint density at radius 1 is 1.03 bits per heavy atom. The van der Waals surface area contributed by atoms with E-state index >= 15 is 0 Å². The van der Waals surface area contributed by atoms with E-state index in [0.29, 0.717) is 11.1 Å². The highest BCUT2D eigenvalue weighted by molar-refractivity contribution is 7.13. The molecular weight excluding hydrogens is 552 g/mol. The van der Waals surface area contributed by atoms with E-state index in [1.807, 2.05) is 0 Å². The van der Waals surface area contributed by atoms with Crippen LogP contribution >= 0.6 is 22.9 Å². The zero-order valence-electron chi connectivity index (χ0n) is 19.0. The van der Waals surface area contributed by atoms with E-state index in [1.54, 1.807) is 6.92 Å². The highest BCUT2D eigenvalue weighted by atomic mass is 35.5. The number of nitrogens with zero attached hydrogens (tertiary/aromatic N) is 5. The SMILES string of the molecule is CC(NC(=O)c1cc(Nc2cccnc2F)ncn1)c1ncc(C(=O)Nc2cc(C(F)(F)F)c(Cl)cn2)s1. The Hall–Kier alpha value is -4.24. The minimum atomic E-state index is -4.72. The molecular formula is C22H15ClF4N8O2S. The Morgan fingerprint density at radius 2 is 1.82 bits per heavy atom. The molecule has 16 heteroatoms. The first-order valence-corrected chi connectivity index (χ1v) is 11.7. The maximum absolute atomic E-state index is 13.8. The summed E-state index contributed by atoms with van der Waals surface area (Å²) in [6, 6.07) is 4.24. The zero-order valence-corrected chi connectivity index (χ0v) is 20.6. The van der Waals surface area contributed by atoms with E-state index in [2.05, 4.69) is 40.9 Å². The number of thiazole rings is 1. The minimum absolute atomic E-state index is 0.0255. The summed E-state index contributed by atoms with van der Waals surface area (Å²) in [5.74, 6) is -2.28. The van der Waals surface area contributed by atoms with Crippen LogP contribution in [0.2, 0.25) is 5.02 Å². The van der Waals surface area contributed by atoms with Crippen LogP contribution in [-0.4, -0.2) is 36.7 Å². The number of amides is 2. The molecule has 4 aromatic heterocycles. The van der Waals surface area contributed by atoms with Crippen LogP contribution in [-0.2, 0) is 6.18 Å². The number of rotatable bonds is 7. The van der Waals surface area contributed by atoms with Gasteiger partial charge in [-0.05, 0) is 25.1 Å². The van der Waals surface area contributed by atoms with Gasteiger partial charge in [0.1, 0.15) is 33.5 Å². The standard InChI is InChI=1S/C22H15ClF4N8O2S/c1-10(33-19(36)14-6-17(32-9-31-14)34-13-3-2-4-28-18(13)24)21-30-8-15(38-21)20(37)35-16-5-11(22(25,26)27)12(23)7-29-16/h2-10H,1H3,(H,33,36)(H,29,35,37)(H,31,32,34). The van der Waals surface area contributed by atoms with Crippen molar-refractivity contribution in [2.45, 2.75) is 19.1 Å². The van der Waals surface area contributed by atoms with Gasteiger partial charge in [0.25, 0.3) is 11.8 Å². The smallest absolute Gasteiger partial charge is 0.342 e. The lowest BCUT2D eigenvalue weighted by molar-refractivity contribution is -0.137. The topological polar surface area (TPSA) is 135 Å². The molecule has 0 aliphatic heterocycles. The number of halogens is 5. The quantitative estimate of drug-likeness (QED) is 0.210. The van der Waals surface area contributed by atoms with Crippen molar-refractivity contribution < 1.29 is 27.2 Å². The van der Waals surface area contributed by atoms with Gasteiger partial charge in [-0.15, -0.1) is 11.3 Å². The molecule has 0 aromatic carbocycles. The molecule has 4 rings (SSSR count). The van der Waals surface area contributed by atoms with E-state index in [9.17, 15) is 27.2 Å².